The van der Waals surface area contributed by atoms with E-state index in [1.807, 2.05) is 13.0 Å². The van der Waals surface area contributed by atoms with Crippen LogP contribution in [0.1, 0.15) is 24.2 Å². The van der Waals surface area contributed by atoms with Gasteiger partial charge in [-0.15, -0.1) is 11.6 Å². The first kappa shape index (κ1) is 13.1. The fraction of sp³-hybridized carbons (Fsp3) is 0.714. The average Bonchev–Trinajstić information content (AvgIpc) is 3.23. The van der Waals surface area contributed by atoms with E-state index in [0.29, 0.717) is 5.88 Å². The SMILES string of the molecule is Cc1cc(CCl)nc(N2CCN(CC3CC3)CC2)n1. The van der Waals surface area contributed by atoms with E-state index in [-0.39, 0.29) is 0 Å². The Kier molecular flexibility index (Phi) is 3.89. The van der Waals surface area contributed by atoms with E-state index in [1.54, 1.807) is 0 Å². The fourth-order valence-corrected chi connectivity index (χ4v) is 2.76. The summed E-state index contributed by atoms with van der Waals surface area (Å²) in [5.74, 6) is 2.28. The molecule has 0 spiro atoms. The number of hydrogen-bond acceptors (Lipinski definition) is 4. The summed E-state index contributed by atoms with van der Waals surface area (Å²) in [4.78, 5) is 13.9. The molecule has 1 aliphatic heterocycles. The number of aromatic nitrogens is 2. The highest BCUT2D eigenvalue weighted by Crippen LogP contribution is 2.30. The van der Waals surface area contributed by atoms with Crippen molar-refractivity contribution in [2.75, 3.05) is 37.6 Å². The second-order valence-corrected chi connectivity index (χ2v) is 5.93. The number of anilines is 1. The van der Waals surface area contributed by atoms with Gasteiger partial charge in [-0.2, -0.15) is 0 Å². The van der Waals surface area contributed by atoms with Gasteiger partial charge in [0.1, 0.15) is 0 Å². The van der Waals surface area contributed by atoms with Gasteiger partial charge in [-0.25, -0.2) is 9.97 Å². The molecular formula is C14H21ClN4. The summed E-state index contributed by atoms with van der Waals surface area (Å²) in [7, 11) is 0. The van der Waals surface area contributed by atoms with Crippen molar-refractivity contribution >= 4 is 17.5 Å². The van der Waals surface area contributed by atoms with Crippen LogP contribution in [0.15, 0.2) is 6.07 Å². The lowest BCUT2D eigenvalue weighted by Gasteiger charge is -2.34. The standard InChI is InChI=1S/C14H21ClN4/c1-11-8-13(9-15)17-14(16-11)19-6-4-18(5-7-19)10-12-2-3-12/h8,12H,2-7,9-10H2,1H3. The molecule has 2 aliphatic rings. The maximum atomic E-state index is 5.88. The third-order valence-corrected chi connectivity index (χ3v) is 4.17. The topological polar surface area (TPSA) is 32.3 Å². The summed E-state index contributed by atoms with van der Waals surface area (Å²) in [6.45, 7) is 7.60. The van der Waals surface area contributed by atoms with E-state index in [4.69, 9.17) is 11.6 Å². The average molecular weight is 281 g/mol. The van der Waals surface area contributed by atoms with Crippen LogP contribution in [0.4, 0.5) is 5.95 Å². The van der Waals surface area contributed by atoms with Crippen molar-refractivity contribution in [3.63, 3.8) is 0 Å². The molecule has 2 heterocycles. The third kappa shape index (κ3) is 3.37. The predicted molar refractivity (Wildman–Crippen MR) is 77.7 cm³/mol. The summed E-state index contributed by atoms with van der Waals surface area (Å²) in [5, 5.41) is 0. The number of nitrogens with zero attached hydrogens (tertiary/aromatic N) is 4. The number of aryl methyl sites for hydroxylation is 1. The Balaban J connectivity index is 1.62. The molecule has 4 nitrogen and oxygen atoms in total. The van der Waals surface area contributed by atoms with Gasteiger partial charge < -0.3 is 4.90 Å². The van der Waals surface area contributed by atoms with Crippen LogP contribution < -0.4 is 4.90 Å². The molecule has 0 amide bonds. The van der Waals surface area contributed by atoms with Crippen molar-refractivity contribution in [1.29, 1.82) is 0 Å². The smallest absolute Gasteiger partial charge is 0.225 e. The van der Waals surface area contributed by atoms with Gasteiger partial charge in [0.05, 0.1) is 11.6 Å². The lowest BCUT2D eigenvalue weighted by Crippen LogP contribution is -2.47. The number of piperazine rings is 1. The molecule has 0 unspecified atom stereocenters. The van der Waals surface area contributed by atoms with Crippen molar-refractivity contribution in [3.8, 4) is 0 Å². The largest absolute Gasteiger partial charge is 0.338 e. The molecule has 19 heavy (non-hydrogen) atoms. The Morgan fingerprint density at radius 2 is 1.95 bits per heavy atom. The minimum Gasteiger partial charge on any atom is -0.338 e. The molecular weight excluding hydrogens is 260 g/mol. The lowest BCUT2D eigenvalue weighted by molar-refractivity contribution is 0.247. The van der Waals surface area contributed by atoms with Crippen molar-refractivity contribution in [2.24, 2.45) is 5.92 Å². The van der Waals surface area contributed by atoms with E-state index >= 15 is 0 Å². The third-order valence-electron chi connectivity index (χ3n) is 3.90. The molecule has 1 aromatic rings. The van der Waals surface area contributed by atoms with Crippen molar-refractivity contribution in [3.05, 3.63) is 17.5 Å². The molecule has 104 valence electrons. The van der Waals surface area contributed by atoms with Gasteiger partial charge in [-0.3, -0.25) is 4.90 Å². The van der Waals surface area contributed by atoms with Gasteiger partial charge in [0.15, 0.2) is 0 Å². The van der Waals surface area contributed by atoms with Crippen LogP contribution in [-0.2, 0) is 5.88 Å². The highest BCUT2D eigenvalue weighted by Gasteiger charge is 2.27. The van der Waals surface area contributed by atoms with Crippen LogP contribution in [0.5, 0.6) is 0 Å². The van der Waals surface area contributed by atoms with E-state index in [9.17, 15) is 0 Å². The predicted octanol–water partition coefficient (Wildman–Crippen LogP) is 2.06. The molecule has 1 saturated heterocycles. The molecule has 1 aromatic heterocycles. The minimum atomic E-state index is 0.456. The number of hydrogen-bond donors (Lipinski definition) is 0. The fourth-order valence-electron chi connectivity index (χ4n) is 2.62. The zero-order valence-corrected chi connectivity index (χ0v) is 12.2. The van der Waals surface area contributed by atoms with Gasteiger partial charge in [0.25, 0.3) is 0 Å². The second-order valence-electron chi connectivity index (χ2n) is 5.67. The highest BCUT2D eigenvalue weighted by atomic mass is 35.5. The molecule has 1 saturated carbocycles. The van der Waals surface area contributed by atoms with Crippen LogP contribution >= 0.6 is 11.6 Å². The monoisotopic (exact) mass is 280 g/mol. The highest BCUT2D eigenvalue weighted by molar-refractivity contribution is 6.16. The Bertz CT molecular complexity index is 439. The summed E-state index contributed by atoms with van der Waals surface area (Å²) in [6.07, 6.45) is 2.86. The van der Waals surface area contributed by atoms with E-state index < -0.39 is 0 Å². The minimum absolute atomic E-state index is 0.456. The Morgan fingerprint density at radius 1 is 1.21 bits per heavy atom. The normalized spacial score (nSPS) is 20.8. The van der Waals surface area contributed by atoms with Gasteiger partial charge in [-0.1, -0.05) is 0 Å². The van der Waals surface area contributed by atoms with Crippen LogP contribution in [-0.4, -0.2) is 47.6 Å². The number of rotatable bonds is 4. The zero-order valence-electron chi connectivity index (χ0n) is 11.5. The summed E-state index contributed by atoms with van der Waals surface area (Å²) in [6, 6.07) is 1.96. The van der Waals surface area contributed by atoms with Crippen molar-refractivity contribution in [2.45, 2.75) is 25.6 Å². The zero-order chi connectivity index (χ0) is 13.2. The second kappa shape index (κ2) is 5.63. The first-order valence-electron chi connectivity index (χ1n) is 7.12. The van der Waals surface area contributed by atoms with E-state index in [0.717, 1.165) is 49.4 Å². The molecule has 1 aliphatic carbocycles. The van der Waals surface area contributed by atoms with Crippen LogP contribution in [0.3, 0.4) is 0 Å². The Morgan fingerprint density at radius 3 is 2.58 bits per heavy atom. The number of alkyl halides is 1. The van der Waals surface area contributed by atoms with Crippen LogP contribution in [0.25, 0.3) is 0 Å². The maximum Gasteiger partial charge on any atom is 0.225 e. The number of halogens is 1. The van der Waals surface area contributed by atoms with Crippen molar-refractivity contribution < 1.29 is 0 Å². The summed E-state index contributed by atoms with van der Waals surface area (Å²) in [5.41, 5.74) is 1.92. The molecule has 0 atom stereocenters. The molecule has 0 aromatic carbocycles. The Hall–Kier alpha value is -0.870. The van der Waals surface area contributed by atoms with Gasteiger partial charge in [0.2, 0.25) is 5.95 Å². The van der Waals surface area contributed by atoms with Gasteiger partial charge in [-0.05, 0) is 31.7 Å². The quantitative estimate of drug-likeness (QED) is 0.791. The lowest BCUT2D eigenvalue weighted by atomic mass is 10.3. The van der Waals surface area contributed by atoms with Crippen LogP contribution in [0.2, 0.25) is 0 Å². The maximum absolute atomic E-state index is 5.88. The molecule has 2 fully saturated rings. The first-order chi connectivity index (χ1) is 9.24. The molecule has 3 rings (SSSR count). The van der Waals surface area contributed by atoms with Crippen molar-refractivity contribution in [1.82, 2.24) is 14.9 Å². The Labute approximate surface area is 119 Å². The summed E-state index contributed by atoms with van der Waals surface area (Å²) < 4.78 is 0. The molecule has 0 radical (unpaired) electrons. The first-order valence-corrected chi connectivity index (χ1v) is 7.66. The molecule has 0 N–H and O–H groups in total. The van der Waals surface area contributed by atoms with E-state index in [1.165, 1.54) is 19.4 Å². The van der Waals surface area contributed by atoms with Gasteiger partial charge >= 0.3 is 0 Å². The molecule has 5 heteroatoms. The molecule has 0 bridgehead atoms. The summed E-state index contributed by atoms with van der Waals surface area (Å²) >= 11 is 5.88. The van der Waals surface area contributed by atoms with Crippen LogP contribution in [0, 0.1) is 12.8 Å². The van der Waals surface area contributed by atoms with Gasteiger partial charge in [0, 0.05) is 38.4 Å². The van der Waals surface area contributed by atoms with E-state index in [2.05, 4.69) is 19.8 Å².